The van der Waals surface area contributed by atoms with Gasteiger partial charge in [-0.2, -0.15) is 0 Å². The van der Waals surface area contributed by atoms with Crippen molar-refractivity contribution >= 4 is 28.2 Å². The second-order valence-corrected chi connectivity index (χ2v) is 7.85. The zero-order valence-electron chi connectivity index (χ0n) is 20.3. The Bertz CT molecular complexity index is 1290. The highest BCUT2D eigenvalue weighted by Crippen LogP contribution is 2.35. The molecule has 1 aromatic carbocycles. The van der Waals surface area contributed by atoms with Crippen molar-refractivity contribution in [1.29, 1.82) is 5.41 Å². The number of nitrogens with one attached hydrogen (secondary N) is 4. The van der Waals surface area contributed by atoms with Gasteiger partial charge in [-0.05, 0) is 12.5 Å². The number of amides is 1. The Hall–Kier alpha value is -4.41. The van der Waals surface area contributed by atoms with Crippen LogP contribution in [0.25, 0.3) is 16.6 Å². The number of ether oxygens (including phenoxy) is 2. The van der Waals surface area contributed by atoms with Crippen LogP contribution in [-0.4, -0.2) is 64.8 Å². The molecule has 4 rings (SSSR count). The van der Waals surface area contributed by atoms with E-state index in [0.717, 1.165) is 0 Å². The SMILES string of the molecule is CC[C@@H](c1ncccn1)N(C)C1=C(c2nc3cc(OC)c(OC)cc3[nH]2)C(=O)N/C(=C/NC)C1=N. The first-order valence-corrected chi connectivity index (χ1v) is 11.1. The summed E-state index contributed by atoms with van der Waals surface area (Å²) in [6.45, 7) is 2.01. The van der Waals surface area contributed by atoms with Crippen molar-refractivity contribution in [2.45, 2.75) is 19.4 Å². The molecular weight excluding hydrogens is 448 g/mol. The van der Waals surface area contributed by atoms with Gasteiger partial charge in [0.05, 0.1) is 42.7 Å². The van der Waals surface area contributed by atoms with Gasteiger partial charge >= 0.3 is 0 Å². The van der Waals surface area contributed by atoms with Crippen molar-refractivity contribution in [1.82, 2.24) is 35.5 Å². The largest absolute Gasteiger partial charge is 0.493 e. The zero-order chi connectivity index (χ0) is 25.1. The van der Waals surface area contributed by atoms with E-state index in [4.69, 9.17) is 14.9 Å². The molecule has 11 nitrogen and oxygen atoms in total. The summed E-state index contributed by atoms with van der Waals surface area (Å²) in [7, 11) is 6.65. The fourth-order valence-electron chi connectivity index (χ4n) is 4.16. The highest BCUT2D eigenvalue weighted by Gasteiger charge is 2.35. The van der Waals surface area contributed by atoms with Crippen molar-refractivity contribution in [3.8, 4) is 11.5 Å². The highest BCUT2D eigenvalue weighted by molar-refractivity contribution is 6.33. The van der Waals surface area contributed by atoms with Gasteiger partial charge in [-0.15, -0.1) is 0 Å². The quantitative estimate of drug-likeness (QED) is 0.388. The second kappa shape index (κ2) is 9.84. The van der Waals surface area contributed by atoms with E-state index in [1.54, 1.807) is 58.1 Å². The van der Waals surface area contributed by atoms with E-state index in [2.05, 4.69) is 30.6 Å². The third kappa shape index (κ3) is 4.27. The minimum Gasteiger partial charge on any atom is -0.493 e. The Morgan fingerprint density at radius 3 is 2.51 bits per heavy atom. The molecule has 0 bridgehead atoms. The number of H-pyrrole nitrogens is 1. The van der Waals surface area contributed by atoms with Crippen LogP contribution in [0.2, 0.25) is 0 Å². The number of nitrogens with zero attached hydrogens (tertiary/aromatic N) is 4. The Morgan fingerprint density at radius 2 is 1.89 bits per heavy atom. The minimum absolute atomic E-state index is 0.140. The number of hydrogen-bond acceptors (Lipinski definition) is 9. The summed E-state index contributed by atoms with van der Waals surface area (Å²) in [5.74, 6) is 1.60. The first-order chi connectivity index (χ1) is 16.9. The molecule has 4 N–H and O–H groups in total. The first-order valence-electron chi connectivity index (χ1n) is 11.1. The predicted octanol–water partition coefficient (Wildman–Crippen LogP) is 2.37. The molecule has 0 saturated heterocycles. The molecule has 0 spiro atoms. The number of rotatable bonds is 8. The van der Waals surface area contributed by atoms with Crippen molar-refractivity contribution in [2.75, 3.05) is 28.3 Å². The van der Waals surface area contributed by atoms with Gasteiger partial charge in [0.1, 0.15) is 17.1 Å². The summed E-state index contributed by atoms with van der Waals surface area (Å²) in [6, 6.07) is 4.98. The van der Waals surface area contributed by atoms with Gasteiger partial charge in [-0.25, -0.2) is 15.0 Å². The van der Waals surface area contributed by atoms with E-state index in [1.165, 1.54) is 0 Å². The van der Waals surface area contributed by atoms with Crippen LogP contribution in [0.3, 0.4) is 0 Å². The molecule has 0 saturated carbocycles. The molecule has 0 radical (unpaired) electrons. The average molecular weight is 477 g/mol. The first kappa shape index (κ1) is 23.7. The molecule has 0 unspecified atom stereocenters. The van der Waals surface area contributed by atoms with Crippen LogP contribution in [0.5, 0.6) is 11.5 Å². The number of methoxy groups -OCH3 is 2. The van der Waals surface area contributed by atoms with E-state index < -0.39 is 0 Å². The van der Waals surface area contributed by atoms with Gasteiger partial charge in [0.15, 0.2) is 17.3 Å². The Kier molecular flexibility index (Phi) is 6.67. The lowest BCUT2D eigenvalue weighted by molar-refractivity contribution is -0.115. The molecule has 1 aliphatic heterocycles. The lowest BCUT2D eigenvalue weighted by atomic mass is 9.98. The van der Waals surface area contributed by atoms with Crippen LogP contribution in [0.4, 0.5) is 0 Å². The van der Waals surface area contributed by atoms with E-state index in [-0.39, 0.29) is 23.2 Å². The van der Waals surface area contributed by atoms with Gasteiger partial charge in [-0.1, -0.05) is 6.92 Å². The van der Waals surface area contributed by atoms with Crippen molar-refractivity contribution in [3.63, 3.8) is 0 Å². The van der Waals surface area contributed by atoms with Crippen molar-refractivity contribution < 1.29 is 14.3 Å². The summed E-state index contributed by atoms with van der Waals surface area (Å²) >= 11 is 0. The monoisotopic (exact) mass is 476 g/mol. The summed E-state index contributed by atoms with van der Waals surface area (Å²) in [6.07, 6.45) is 5.60. The molecule has 1 atom stereocenters. The van der Waals surface area contributed by atoms with Gasteiger partial charge in [0, 0.05) is 44.8 Å². The van der Waals surface area contributed by atoms with E-state index in [0.29, 0.717) is 52.0 Å². The summed E-state index contributed by atoms with van der Waals surface area (Å²) in [5.41, 5.74) is 2.41. The number of carbonyl (C=O) groups excluding carboxylic acids is 1. The number of hydrogen-bond donors (Lipinski definition) is 4. The summed E-state index contributed by atoms with van der Waals surface area (Å²) in [4.78, 5) is 32.0. The third-order valence-electron chi connectivity index (χ3n) is 5.82. The molecular formula is C24H28N8O3. The topological polar surface area (TPSA) is 141 Å². The van der Waals surface area contributed by atoms with Crippen LogP contribution in [0, 0.1) is 5.41 Å². The molecule has 2 aromatic heterocycles. The molecule has 3 aromatic rings. The van der Waals surface area contributed by atoms with Crippen LogP contribution in [0.15, 0.2) is 48.2 Å². The Labute approximate surface area is 202 Å². The molecule has 1 amide bonds. The summed E-state index contributed by atoms with van der Waals surface area (Å²) in [5, 5.41) is 14.6. The van der Waals surface area contributed by atoms with Gasteiger partial charge < -0.3 is 30.0 Å². The van der Waals surface area contributed by atoms with Gasteiger partial charge in [-0.3, -0.25) is 10.2 Å². The zero-order valence-corrected chi connectivity index (χ0v) is 20.3. The fraction of sp³-hybridized carbons (Fsp3) is 0.292. The predicted molar refractivity (Wildman–Crippen MR) is 132 cm³/mol. The second-order valence-electron chi connectivity index (χ2n) is 7.85. The van der Waals surface area contributed by atoms with E-state index in [1.807, 2.05) is 18.9 Å². The minimum atomic E-state index is -0.383. The smallest absolute Gasteiger partial charge is 0.261 e. The van der Waals surface area contributed by atoms with Crippen molar-refractivity contribution in [3.05, 3.63) is 59.8 Å². The van der Waals surface area contributed by atoms with E-state index in [9.17, 15) is 4.79 Å². The Balaban J connectivity index is 1.93. The average Bonchev–Trinajstić information content (AvgIpc) is 3.28. The number of fused-ring (bicyclic) bond motifs is 1. The lowest BCUT2D eigenvalue weighted by Gasteiger charge is -2.34. The molecule has 3 heterocycles. The van der Waals surface area contributed by atoms with Crippen LogP contribution < -0.4 is 20.1 Å². The van der Waals surface area contributed by atoms with Gasteiger partial charge in [0.2, 0.25) is 0 Å². The molecule has 1 aliphatic rings. The molecule has 0 fully saturated rings. The number of imidazole rings is 1. The maximum atomic E-state index is 13.4. The van der Waals surface area contributed by atoms with Gasteiger partial charge in [0.25, 0.3) is 5.91 Å². The molecule has 0 aliphatic carbocycles. The third-order valence-corrected chi connectivity index (χ3v) is 5.82. The highest BCUT2D eigenvalue weighted by atomic mass is 16.5. The van der Waals surface area contributed by atoms with E-state index >= 15 is 0 Å². The maximum Gasteiger partial charge on any atom is 0.261 e. The van der Waals surface area contributed by atoms with Crippen molar-refractivity contribution in [2.24, 2.45) is 0 Å². The molecule has 182 valence electrons. The number of carbonyl (C=O) groups is 1. The maximum absolute atomic E-state index is 13.4. The Morgan fingerprint density at radius 1 is 1.20 bits per heavy atom. The lowest BCUT2D eigenvalue weighted by Crippen LogP contribution is -2.42. The number of aromatic amines is 1. The molecule has 35 heavy (non-hydrogen) atoms. The number of aromatic nitrogens is 4. The normalized spacial score (nSPS) is 15.9. The van der Waals surface area contributed by atoms with Crippen LogP contribution >= 0.6 is 0 Å². The summed E-state index contributed by atoms with van der Waals surface area (Å²) < 4.78 is 10.8. The number of benzene rings is 1. The fourth-order valence-corrected chi connectivity index (χ4v) is 4.16. The van der Waals surface area contributed by atoms with Crippen LogP contribution in [-0.2, 0) is 4.79 Å². The standard InChI is InChI=1S/C24H28N8O3/c1-6-16(22-27-8-7-9-28-22)32(3)21-19(24(33)31-15(12-26-2)20(21)25)23-29-13-10-17(34-4)18(35-5)11-14(13)30-23/h7-12,16,25-26H,6H2,1-5H3,(H,29,30)(H,31,33)/b15-12+,25-20?/t16-/m0/s1. The van der Waals surface area contributed by atoms with Crippen LogP contribution in [0.1, 0.15) is 31.0 Å². The molecule has 11 heteroatoms.